The molecule has 2 N–H and O–H groups in total. The van der Waals surface area contributed by atoms with Crippen LogP contribution in [0.4, 0.5) is 4.39 Å². The molecule has 0 aliphatic carbocycles. The fraction of sp³-hybridized carbons (Fsp3) is 0.269. The van der Waals surface area contributed by atoms with Crippen LogP contribution in [0.25, 0.3) is 0 Å². The fourth-order valence-electron chi connectivity index (χ4n) is 3.25. The Morgan fingerprint density at radius 2 is 1.67 bits per heavy atom. The second-order valence-electron chi connectivity index (χ2n) is 8.15. The Labute approximate surface area is 193 Å². The minimum Gasteiger partial charge on any atom is -0.489 e. The zero-order valence-corrected chi connectivity index (χ0v) is 18.9. The molecular formula is C26H28FN3O3. The monoisotopic (exact) mass is 449 g/mol. The first-order valence-corrected chi connectivity index (χ1v) is 10.8. The quantitative estimate of drug-likeness (QED) is 0.506. The molecule has 0 bridgehead atoms. The average molecular weight is 450 g/mol. The number of hydrogen-bond acceptors (Lipinski definition) is 4. The van der Waals surface area contributed by atoms with Crippen molar-refractivity contribution in [2.75, 3.05) is 0 Å². The maximum atomic E-state index is 13.1. The lowest BCUT2D eigenvalue weighted by molar-refractivity contribution is -0.124. The topological polar surface area (TPSA) is 80.3 Å². The lowest BCUT2D eigenvalue weighted by Crippen LogP contribution is -2.50. The summed E-state index contributed by atoms with van der Waals surface area (Å²) in [7, 11) is 0. The molecule has 2 amide bonds. The van der Waals surface area contributed by atoms with E-state index in [1.165, 1.54) is 24.3 Å². The summed E-state index contributed by atoms with van der Waals surface area (Å²) < 4.78 is 18.9. The van der Waals surface area contributed by atoms with Gasteiger partial charge in [0.25, 0.3) is 5.91 Å². The summed E-state index contributed by atoms with van der Waals surface area (Å²) in [6.45, 7) is 6.01. The smallest absolute Gasteiger partial charge is 0.251 e. The van der Waals surface area contributed by atoms with Gasteiger partial charge in [0.05, 0.1) is 6.04 Å². The molecule has 172 valence electrons. The minimum absolute atomic E-state index is 0.134. The van der Waals surface area contributed by atoms with E-state index >= 15 is 0 Å². The molecule has 3 aromatic rings. The van der Waals surface area contributed by atoms with Crippen molar-refractivity contribution in [1.29, 1.82) is 0 Å². The summed E-state index contributed by atoms with van der Waals surface area (Å²) in [6.07, 6.45) is 3.47. The zero-order chi connectivity index (χ0) is 23.8. The minimum atomic E-state index is -0.730. The molecule has 0 spiro atoms. The first-order chi connectivity index (χ1) is 15.8. The number of carbonyl (C=O) groups is 2. The van der Waals surface area contributed by atoms with Crippen molar-refractivity contribution in [3.8, 4) is 5.75 Å². The van der Waals surface area contributed by atoms with Crippen molar-refractivity contribution in [2.45, 2.75) is 39.5 Å². The molecule has 7 heteroatoms. The van der Waals surface area contributed by atoms with Crippen LogP contribution >= 0.6 is 0 Å². The molecule has 2 aromatic carbocycles. The van der Waals surface area contributed by atoms with Crippen molar-refractivity contribution >= 4 is 11.8 Å². The maximum absolute atomic E-state index is 13.1. The molecule has 1 aromatic heterocycles. The van der Waals surface area contributed by atoms with Gasteiger partial charge in [0.15, 0.2) is 0 Å². The molecule has 0 radical (unpaired) electrons. The third-order valence-corrected chi connectivity index (χ3v) is 5.21. The molecule has 6 nitrogen and oxygen atoms in total. The van der Waals surface area contributed by atoms with Crippen LogP contribution in [0.1, 0.15) is 48.3 Å². The van der Waals surface area contributed by atoms with Crippen LogP contribution in [-0.4, -0.2) is 22.8 Å². The van der Waals surface area contributed by atoms with E-state index in [4.69, 9.17) is 4.74 Å². The number of nitrogens with zero attached hydrogens (tertiary/aromatic N) is 1. The highest BCUT2D eigenvalue weighted by molar-refractivity contribution is 5.97. The summed E-state index contributed by atoms with van der Waals surface area (Å²) >= 11 is 0. The van der Waals surface area contributed by atoms with Gasteiger partial charge in [-0.05, 0) is 60.9 Å². The van der Waals surface area contributed by atoms with Crippen molar-refractivity contribution in [3.05, 3.63) is 95.6 Å². The molecule has 0 fully saturated rings. The van der Waals surface area contributed by atoms with Crippen molar-refractivity contribution < 1.29 is 18.7 Å². The second-order valence-corrected chi connectivity index (χ2v) is 8.15. The number of pyridine rings is 1. The highest BCUT2D eigenvalue weighted by Crippen LogP contribution is 2.19. The number of halogens is 1. The normalized spacial score (nSPS) is 12.6. The SMILES string of the molecule is CC(NC(=O)C(NC(=O)c1ccc(F)cc1)C(C)C)c1ccc(OCc2cccnc2)cc1. The highest BCUT2D eigenvalue weighted by atomic mass is 19.1. The van der Waals surface area contributed by atoms with Gasteiger partial charge in [-0.15, -0.1) is 0 Å². The van der Waals surface area contributed by atoms with Crippen molar-refractivity contribution in [2.24, 2.45) is 5.92 Å². The number of aromatic nitrogens is 1. The maximum Gasteiger partial charge on any atom is 0.251 e. The third kappa shape index (κ3) is 6.87. The van der Waals surface area contributed by atoms with Crippen LogP contribution in [-0.2, 0) is 11.4 Å². The first-order valence-electron chi connectivity index (χ1n) is 10.8. The number of rotatable bonds is 9. The van der Waals surface area contributed by atoms with E-state index in [9.17, 15) is 14.0 Å². The standard InChI is InChI=1S/C26H28FN3O3/c1-17(2)24(30-25(31)21-6-10-22(27)11-7-21)26(32)29-18(3)20-8-12-23(13-9-20)33-16-19-5-4-14-28-15-19/h4-15,17-18,24H,16H2,1-3H3,(H,29,32)(H,30,31). The average Bonchev–Trinajstić information content (AvgIpc) is 2.82. The van der Waals surface area contributed by atoms with Crippen LogP contribution in [0.15, 0.2) is 73.1 Å². The molecule has 0 aliphatic heterocycles. The van der Waals surface area contributed by atoms with Gasteiger partial charge >= 0.3 is 0 Å². The Bertz CT molecular complexity index is 1050. The summed E-state index contributed by atoms with van der Waals surface area (Å²) in [6, 6.07) is 15.5. The number of nitrogens with one attached hydrogen (secondary N) is 2. The van der Waals surface area contributed by atoms with E-state index in [0.717, 1.165) is 11.1 Å². The summed E-state index contributed by atoms with van der Waals surface area (Å²) in [4.78, 5) is 29.5. The number of hydrogen-bond donors (Lipinski definition) is 2. The highest BCUT2D eigenvalue weighted by Gasteiger charge is 2.26. The van der Waals surface area contributed by atoms with Gasteiger partial charge in [0.2, 0.25) is 5.91 Å². The number of amides is 2. The lowest BCUT2D eigenvalue weighted by Gasteiger charge is -2.24. The van der Waals surface area contributed by atoms with E-state index in [0.29, 0.717) is 17.9 Å². The zero-order valence-electron chi connectivity index (χ0n) is 18.9. The molecule has 2 unspecified atom stereocenters. The van der Waals surface area contributed by atoms with Gasteiger partial charge in [-0.2, -0.15) is 0 Å². The van der Waals surface area contributed by atoms with Gasteiger partial charge in [-0.1, -0.05) is 32.0 Å². The van der Waals surface area contributed by atoms with E-state index in [2.05, 4.69) is 15.6 Å². The van der Waals surface area contributed by atoms with Gasteiger partial charge in [0.1, 0.15) is 24.2 Å². The number of ether oxygens (including phenoxy) is 1. The first kappa shape index (κ1) is 23.9. The van der Waals surface area contributed by atoms with Crippen LogP contribution in [0.2, 0.25) is 0 Å². The summed E-state index contributed by atoms with van der Waals surface area (Å²) in [5.74, 6) is -0.555. The molecule has 2 atom stereocenters. The molecular weight excluding hydrogens is 421 g/mol. The molecule has 0 aliphatic rings. The Morgan fingerprint density at radius 3 is 2.27 bits per heavy atom. The third-order valence-electron chi connectivity index (χ3n) is 5.21. The largest absolute Gasteiger partial charge is 0.489 e. The molecule has 3 rings (SSSR count). The van der Waals surface area contributed by atoms with Crippen molar-refractivity contribution in [1.82, 2.24) is 15.6 Å². The number of benzene rings is 2. The van der Waals surface area contributed by atoms with E-state index < -0.39 is 17.8 Å². The van der Waals surface area contributed by atoms with Gasteiger partial charge in [-0.3, -0.25) is 14.6 Å². The van der Waals surface area contributed by atoms with Crippen LogP contribution in [0, 0.1) is 11.7 Å². The van der Waals surface area contributed by atoms with E-state index in [-0.39, 0.29) is 17.9 Å². The molecule has 0 saturated carbocycles. The van der Waals surface area contributed by atoms with Gasteiger partial charge < -0.3 is 15.4 Å². The second kappa shape index (κ2) is 11.2. The van der Waals surface area contributed by atoms with Crippen LogP contribution < -0.4 is 15.4 Å². The predicted octanol–water partition coefficient (Wildman–Crippen LogP) is 4.43. The van der Waals surface area contributed by atoms with Crippen molar-refractivity contribution in [3.63, 3.8) is 0 Å². The number of carbonyl (C=O) groups excluding carboxylic acids is 2. The summed E-state index contributed by atoms with van der Waals surface area (Å²) in [5, 5.41) is 5.71. The Balaban J connectivity index is 1.57. The summed E-state index contributed by atoms with van der Waals surface area (Å²) in [5.41, 5.74) is 2.18. The molecule has 1 heterocycles. The fourth-order valence-corrected chi connectivity index (χ4v) is 3.25. The van der Waals surface area contributed by atoms with Crippen LogP contribution in [0.3, 0.4) is 0 Å². The molecule has 33 heavy (non-hydrogen) atoms. The molecule has 0 saturated heterocycles. The van der Waals surface area contributed by atoms with Gasteiger partial charge in [0, 0.05) is 23.5 Å². The lowest BCUT2D eigenvalue weighted by atomic mass is 10.0. The Hall–Kier alpha value is -3.74. The van der Waals surface area contributed by atoms with Gasteiger partial charge in [-0.25, -0.2) is 4.39 Å². The van der Waals surface area contributed by atoms with E-state index in [1.807, 2.05) is 57.2 Å². The predicted molar refractivity (Wildman–Crippen MR) is 124 cm³/mol. The Kier molecular flexibility index (Phi) is 8.13. The Morgan fingerprint density at radius 1 is 0.970 bits per heavy atom. The van der Waals surface area contributed by atoms with Crippen LogP contribution in [0.5, 0.6) is 5.75 Å². The van der Waals surface area contributed by atoms with E-state index in [1.54, 1.807) is 12.4 Å².